The fourth-order valence-electron chi connectivity index (χ4n) is 4.10. The number of carboxylic acids is 1. The molecule has 45 heavy (non-hydrogen) atoms. The molecule has 0 rings (SSSR count). The van der Waals surface area contributed by atoms with Crippen molar-refractivity contribution < 1.29 is 48.0 Å². The van der Waals surface area contributed by atoms with Crippen molar-refractivity contribution in [1.29, 1.82) is 0 Å². The van der Waals surface area contributed by atoms with Crippen LogP contribution in [0, 0.1) is 0 Å². The highest BCUT2D eigenvalue weighted by Crippen LogP contribution is 2.22. The minimum atomic E-state index is -0.734. The number of ether oxygens (including phenoxy) is 4. The maximum absolute atomic E-state index is 12.9. The molecule has 12 nitrogen and oxygen atoms in total. The molecule has 0 aromatic heterocycles. The number of nitrogens with zero attached hydrogens (tertiary/aromatic N) is 1. The molecule has 0 radical (unpaired) electrons. The zero-order valence-corrected chi connectivity index (χ0v) is 30.2. The van der Waals surface area contributed by atoms with E-state index >= 15 is 0 Å². The summed E-state index contributed by atoms with van der Waals surface area (Å²) in [6.45, 7) is 4.12. The molecule has 2 N–H and O–H groups in total. The van der Waals surface area contributed by atoms with Crippen LogP contribution in [-0.4, -0.2) is 111 Å². The molecule has 2 amide bonds. The molecule has 0 aliphatic carbocycles. The molecule has 0 heterocycles. The third-order valence-corrected chi connectivity index (χ3v) is 8.50. The van der Waals surface area contributed by atoms with Crippen LogP contribution in [0.4, 0.5) is 0 Å². The number of aliphatic carboxylic acids is 1. The molecule has 3 atom stereocenters. The lowest BCUT2D eigenvalue weighted by molar-refractivity contribution is -0.137. The number of amides is 2. The average molecular weight is 699 g/mol. The van der Waals surface area contributed by atoms with Gasteiger partial charge in [-0.3, -0.25) is 24.0 Å². The first-order valence-corrected chi connectivity index (χ1v) is 19.5. The van der Waals surface area contributed by atoms with E-state index in [0.717, 1.165) is 51.4 Å². The zero-order chi connectivity index (χ0) is 33.4. The molecule has 0 aliphatic heterocycles. The summed E-state index contributed by atoms with van der Waals surface area (Å²) in [6.07, 6.45) is 10.1. The molecule has 0 bridgehead atoms. The van der Waals surface area contributed by atoms with Gasteiger partial charge in [0.15, 0.2) is 11.0 Å². The molecule has 0 aliphatic rings. The lowest BCUT2D eigenvalue weighted by atomic mass is 10.1. The molecular weight excluding hydrogens is 641 g/mol. The minimum Gasteiger partial charge on any atom is -0.481 e. The summed E-state index contributed by atoms with van der Waals surface area (Å²) >= 11 is 0. The number of rotatable bonds is 34. The van der Waals surface area contributed by atoms with E-state index in [0.29, 0.717) is 105 Å². The van der Waals surface area contributed by atoms with Crippen molar-refractivity contribution in [2.45, 2.75) is 89.9 Å². The van der Waals surface area contributed by atoms with Gasteiger partial charge in [0, 0.05) is 51.7 Å². The van der Waals surface area contributed by atoms with E-state index in [-0.39, 0.29) is 37.6 Å². The van der Waals surface area contributed by atoms with Crippen molar-refractivity contribution in [1.82, 2.24) is 10.2 Å². The smallest absolute Gasteiger partial charge is 0.303 e. The van der Waals surface area contributed by atoms with Gasteiger partial charge in [0.05, 0.1) is 52.9 Å². The Morgan fingerprint density at radius 3 is 1.60 bits per heavy atom. The van der Waals surface area contributed by atoms with Gasteiger partial charge in [0.1, 0.15) is 0 Å². The maximum atomic E-state index is 12.9. The highest BCUT2D eigenvalue weighted by molar-refractivity contribution is 8.11. The Kier molecular flexibility index (Phi) is 32.0. The van der Waals surface area contributed by atoms with Gasteiger partial charge in [0.2, 0.25) is 11.8 Å². The van der Waals surface area contributed by atoms with Crippen molar-refractivity contribution >= 4 is 55.3 Å². The van der Waals surface area contributed by atoms with Gasteiger partial charge in [-0.1, -0.05) is 47.8 Å². The SMILES string of the molecule is O=C(O)CCCCCCCCCCC(=O)NCCCC(=O)N(CCOCCOCCC(=O)P)CCOCCOCCC(=O)PP. The Morgan fingerprint density at radius 2 is 1.09 bits per heavy atom. The molecule has 0 saturated heterocycles. The number of carboxylic acid groups (broad SMARTS) is 1. The van der Waals surface area contributed by atoms with Gasteiger partial charge in [-0.15, -0.1) is 8.93 Å². The lowest BCUT2D eigenvalue weighted by Gasteiger charge is -2.23. The average Bonchev–Trinajstić information content (AvgIpc) is 3.01. The molecule has 262 valence electrons. The Morgan fingerprint density at radius 1 is 0.600 bits per heavy atom. The first kappa shape index (κ1) is 43.9. The summed E-state index contributed by atoms with van der Waals surface area (Å²) < 4.78 is 22.0. The Labute approximate surface area is 275 Å². The minimum absolute atomic E-state index is 0.000338. The topological polar surface area (TPSA) is 158 Å². The van der Waals surface area contributed by atoms with Gasteiger partial charge < -0.3 is 34.3 Å². The fourth-order valence-corrected chi connectivity index (χ4v) is 4.90. The lowest BCUT2D eigenvalue weighted by Crippen LogP contribution is -2.37. The van der Waals surface area contributed by atoms with E-state index in [1.54, 1.807) is 4.90 Å². The normalized spacial score (nSPS) is 11.2. The van der Waals surface area contributed by atoms with E-state index < -0.39 is 5.97 Å². The number of hydrogen-bond donors (Lipinski definition) is 2. The van der Waals surface area contributed by atoms with Gasteiger partial charge in [-0.25, -0.2) is 0 Å². The third kappa shape index (κ3) is 32.6. The van der Waals surface area contributed by atoms with E-state index in [1.807, 2.05) is 0 Å². The van der Waals surface area contributed by atoms with Gasteiger partial charge in [0.25, 0.3) is 0 Å². The number of carbonyl (C=O) groups excluding carboxylic acids is 4. The fraction of sp³-hybridized carbons (Fsp3) is 0.833. The first-order chi connectivity index (χ1) is 21.8. The molecule has 0 spiro atoms. The van der Waals surface area contributed by atoms with Crippen molar-refractivity contribution in [3.63, 3.8) is 0 Å². The van der Waals surface area contributed by atoms with Gasteiger partial charge in [-0.05, 0) is 27.5 Å². The summed E-state index contributed by atoms with van der Waals surface area (Å²) in [4.78, 5) is 59.5. The largest absolute Gasteiger partial charge is 0.481 e. The summed E-state index contributed by atoms with van der Waals surface area (Å²) in [6, 6.07) is 0. The standard InChI is InChI=1S/C30H57N2O10P3/c33-26(10-7-5-3-1-2-4-6-8-12-28(35)36)31-15-9-11-27(34)32(16-20-41-24-22-39-18-13-29(37)43)17-21-42-25-23-40-19-14-30(38)45-44/h45H,1-25,43-44H2,(H,31,33)(H,35,36). The maximum Gasteiger partial charge on any atom is 0.303 e. The molecule has 15 heteroatoms. The van der Waals surface area contributed by atoms with Crippen LogP contribution in [0.1, 0.15) is 89.9 Å². The van der Waals surface area contributed by atoms with Crippen molar-refractivity contribution in [3.05, 3.63) is 0 Å². The highest BCUT2D eigenvalue weighted by Gasteiger charge is 2.13. The van der Waals surface area contributed by atoms with Crippen LogP contribution in [0.15, 0.2) is 0 Å². The number of hydrogen-bond acceptors (Lipinski definition) is 9. The van der Waals surface area contributed by atoms with Gasteiger partial charge >= 0.3 is 5.97 Å². The van der Waals surface area contributed by atoms with Crippen LogP contribution in [0.2, 0.25) is 0 Å². The summed E-state index contributed by atoms with van der Waals surface area (Å²) in [5.74, 6) is -0.774. The second kappa shape index (κ2) is 32.8. The van der Waals surface area contributed by atoms with E-state index in [2.05, 4.69) is 23.5 Å². The van der Waals surface area contributed by atoms with Crippen LogP contribution >= 0.6 is 26.4 Å². The van der Waals surface area contributed by atoms with E-state index in [9.17, 15) is 24.0 Å². The number of nitrogens with one attached hydrogen (secondary N) is 1. The monoisotopic (exact) mass is 698 g/mol. The number of unbranched alkanes of at least 4 members (excludes halogenated alkanes) is 7. The van der Waals surface area contributed by atoms with Gasteiger partial charge in [-0.2, -0.15) is 0 Å². The van der Waals surface area contributed by atoms with E-state index in [4.69, 9.17) is 24.1 Å². The summed E-state index contributed by atoms with van der Waals surface area (Å²) in [5, 5.41) is 11.5. The Hall–Kier alpha value is -1.12. The van der Waals surface area contributed by atoms with Crippen molar-refractivity contribution in [2.75, 3.05) is 72.5 Å². The quantitative estimate of drug-likeness (QED) is 0.0745. The van der Waals surface area contributed by atoms with Crippen LogP contribution in [0.3, 0.4) is 0 Å². The van der Waals surface area contributed by atoms with Crippen molar-refractivity contribution in [2.24, 2.45) is 0 Å². The predicted octanol–water partition coefficient (Wildman–Crippen LogP) is 3.94. The first-order valence-electron chi connectivity index (χ1n) is 16.1. The summed E-state index contributed by atoms with van der Waals surface area (Å²) in [5.41, 5.74) is 0.153. The van der Waals surface area contributed by atoms with Crippen LogP contribution in [0.25, 0.3) is 0 Å². The second-order valence-electron chi connectivity index (χ2n) is 10.5. The molecule has 0 saturated carbocycles. The number of carbonyl (C=O) groups is 5. The molecular formula is C30H57N2O10P3. The van der Waals surface area contributed by atoms with Crippen LogP contribution in [-0.2, 0) is 42.9 Å². The zero-order valence-electron chi connectivity index (χ0n) is 26.9. The predicted molar refractivity (Wildman–Crippen MR) is 183 cm³/mol. The van der Waals surface area contributed by atoms with Crippen LogP contribution in [0.5, 0.6) is 0 Å². The van der Waals surface area contributed by atoms with Crippen LogP contribution < -0.4 is 5.32 Å². The molecule has 0 aromatic carbocycles. The molecule has 0 aromatic rings. The second-order valence-corrected chi connectivity index (χ2v) is 12.9. The molecule has 3 unspecified atom stereocenters. The van der Waals surface area contributed by atoms with E-state index in [1.165, 1.54) is 0 Å². The Bertz CT molecular complexity index is 808. The molecule has 0 fully saturated rings. The summed E-state index contributed by atoms with van der Waals surface area (Å²) in [7, 11) is 4.74. The third-order valence-electron chi connectivity index (χ3n) is 6.67. The highest BCUT2D eigenvalue weighted by atomic mass is 32.0. The Balaban J connectivity index is 4.16. The van der Waals surface area contributed by atoms with Crippen molar-refractivity contribution in [3.8, 4) is 0 Å².